The van der Waals surface area contributed by atoms with Gasteiger partial charge < -0.3 is 15.2 Å². The number of aromatic nitrogens is 2. The van der Waals surface area contributed by atoms with E-state index in [0.717, 1.165) is 0 Å². The van der Waals surface area contributed by atoms with Crippen molar-refractivity contribution in [3.8, 4) is 0 Å². The van der Waals surface area contributed by atoms with Gasteiger partial charge >= 0.3 is 0 Å². The molecule has 0 radical (unpaired) electrons. The maximum Gasteiger partial charge on any atom is 0.230 e. The molecule has 1 aromatic heterocycles. The van der Waals surface area contributed by atoms with Crippen LogP contribution in [0.4, 0.5) is 5.82 Å². The van der Waals surface area contributed by atoms with Crippen LogP contribution in [-0.4, -0.2) is 34.6 Å². The van der Waals surface area contributed by atoms with Gasteiger partial charge in [-0.05, 0) is 6.07 Å². The van der Waals surface area contributed by atoms with Crippen LogP contribution >= 0.6 is 11.6 Å². The molecule has 1 atom stereocenters. The molecule has 0 aromatic carbocycles. The summed E-state index contributed by atoms with van der Waals surface area (Å²) in [5.41, 5.74) is 0.0169. The molecule has 0 bridgehead atoms. The van der Waals surface area contributed by atoms with Crippen molar-refractivity contribution in [3.05, 3.63) is 16.8 Å². The number of rotatable bonds is 4. The van der Waals surface area contributed by atoms with Crippen molar-refractivity contribution in [1.29, 1.82) is 0 Å². The van der Waals surface area contributed by atoms with E-state index in [1.807, 2.05) is 0 Å². The van der Waals surface area contributed by atoms with Gasteiger partial charge in [0.15, 0.2) is 17.3 Å². The molecule has 0 aliphatic heterocycles. The van der Waals surface area contributed by atoms with E-state index < -0.39 is 11.7 Å². The highest BCUT2D eigenvalue weighted by atomic mass is 35.5. The van der Waals surface area contributed by atoms with Crippen molar-refractivity contribution in [1.82, 2.24) is 10.2 Å². The number of halogens is 1. The molecule has 7 heteroatoms. The van der Waals surface area contributed by atoms with E-state index in [-0.39, 0.29) is 17.5 Å². The van der Waals surface area contributed by atoms with Crippen molar-refractivity contribution in [2.45, 2.75) is 33.5 Å². The predicted molar refractivity (Wildman–Crippen MR) is 71.8 cm³/mol. The zero-order chi connectivity index (χ0) is 14.6. The Morgan fingerprint density at radius 3 is 2.68 bits per heavy atom. The molecule has 0 saturated carbocycles. The van der Waals surface area contributed by atoms with Crippen molar-refractivity contribution >= 4 is 23.3 Å². The summed E-state index contributed by atoms with van der Waals surface area (Å²) in [7, 11) is 1.38. The largest absolute Gasteiger partial charge is 0.368 e. The number of anilines is 1. The summed E-state index contributed by atoms with van der Waals surface area (Å²) in [6.45, 7) is 5.38. The van der Waals surface area contributed by atoms with E-state index in [0.29, 0.717) is 11.4 Å². The smallest absolute Gasteiger partial charge is 0.230 e. The third-order valence-corrected chi connectivity index (χ3v) is 2.73. The summed E-state index contributed by atoms with van der Waals surface area (Å²) in [6.07, 6.45) is -0.809. The molecule has 0 spiro atoms. The van der Waals surface area contributed by atoms with Crippen LogP contribution in [-0.2, 0) is 16.0 Å². The van der Waals surface area contributed by atoms with Gasteiger partial charge in [-0.15, -0.1) is 10.2 Å². The van der Waals surface area contributed by atoms with Gasteiger partial charge in [-0.3, -0.25) is 4.79 Å². The maximum atomic E-state index is 11.8. The average Bonchev–Trinajstić information content (AvgIpc) is 2.32. The number of aliphatic hydroxyl groups excluding tert-OH is 1. The van der Waals surface area contributed by atoms with E-state index >= 15 is 0 Å². The van der Waals surface area contributed by atoms with E-state index in [1.54, 1.807) is 26.8 Å². The van der Waals surface area contributed by atoms with Crippen LogP contribution in [0.15, 0.2) is 6.07 Å². The summed E-state index contributed by atoms with van der Waals surface area (Å²) in [6, 6.07) is 1.57. The molecule has 6 nitrogen and oxygen atoms in total. The molecule has 1 aromatic rings. The second kappa shape index (κ2) is 6.27. The molecule has 1 rings (SSSR count). The zero-order valence-electron chi connectivity index (χ0n) is 11.4. The number of aliphatic hydroxyl groups is 1. The molecule has 2 N–H and O–H groups in total. The molecule has 106 valence electrons. The molecular weight excluding hydrogens is 270 g/mol. The first-order valence-corrected chi connectivity index (χ1v) is 6.16. The Labute approximate surface area is 117 Å². The van der Waals surface area contributed by atoms with Gasteiger partial charge in [-0.25, -0.2) is 0 Å². The van der Waals surface area contributed by atoms with E-state index in [1.165, 1.54) is 7.11 Å². The number of hydrogen-bond donors (Lipinski definition) is 2. The minimum atomic E-state index is -0.979. The maximum absolute atomic E-state index is 11.8. The van der Waals surface area contributed by atoms with Gasteiger partial charge in [-0.2, -0.15) is 0 Å². The molecule has 0 fully saturated rings. The summed E-state index contributed by atoms with van der Waals surface area (Å²) in [5.74, 6) is 0.116. The van der Waals surface area contributed by atoms with Crippen LogP contribution in [0.1, 0.15) is 26.3 Å². The number of carbonyl (C=O) groups excluding carboxylic acids is 1. The lowest BCUT2D eigenvalue weighted by molar-refractivity contribution is -0.123. The van der Waals surface area contributed by atoms with Crippen LogP contribution in [0.3, 0.4) is 0 Å². The molecule has 1 amide bonds. The topological polar surface area (TPSA) is 84.3 Å². The fourth-order valence-corrected chi connectivity index (χ4v) is 1.36. The highest BCUT2D eigenvalue weighted by molar-refractivity contribution is 6.30. The Hall–Kier alpha value is -1.24. The van der Waals surface area contributed by atoms with Gasteiger partial charge in [-0.1, -0.05) is 32.4 Å². The van der Waals surface area contributed by atoms with Crippen LogP contribution in [0.5, 0.6) is 0 Å². The number of carbonyl (C=O) groups is 1. The normalized spacial score (nSPS) is 13.2. The van der Waals surface area contributed by atoms with Crippen molar-refractivity contribution < 1.29 is 14.6 Å². The summed E-state index contributed by atoms with van der Waals surface area (Å²) in [4.78, 5) is 11.8. The van der Waals surface area contributed by atoms with Crippen LogP contribution in [0.25, 0.3) is 0 Å². The Morgan fingerprint density at radius 2 is 2.16 bits per heavy atom. The molecule has 0 unspecified atom stereocenters. The highest BCUT2D eigenvalue weighted by Crippen LogP contribution is 2.20. The molecule has 0 aliphatic carbocycles. The minimum absolute atomic E-state index is 0.170. The lowest BCUT2D eigenvalue weighted by atomic mass is 9.96. The summed E-state index contributed by atoms with van der Waals surface area (Å²) < 4.78 is 4.75. The van der Waals surface area contributed by atoms with Crippen LogP contribution in [0, 0.1) is 5.41 Å². The zero-order valence-corrected chi connectivity index (χ0v) is 12.2. The third-order valence-electron chi connectivity index (χ3n) is 2.41. The highest BCUT2D eigenvalue weighted by Gasteiger charge is 2.22. The Balaban J connectivity index is 2.87. The average molecular weight is 288 g/mol. The monoisotopic (exact) mass is 287 g/mol. The second-order valence-electron chi connectivity index (χ2n) is 5.14. The molecule has 19 heavy (non-hydrogen) atoms. The lowest BCUT2D eigenvalue weighted by Crippen LogP contribution is -2.28. The van der Waals surface area contributed by atoms with Crippen molar-refractivity contribution in [2.75, 3.05) is 12.4 Å². The van der Waals surface area contributed by atoms with Crippen LogP contribution < -0.4 is 5.32 Å². The molecular formula is C12H18ClN3O3. The number of nitrogens with zero attached hydrogens (tertiary/aromatic N) is 2. The quantitative estimate of drug-likeness (QED) is 0.822. The van der Waals surface area contributed by atoms with Crippen molar-refractivity contribution in [2.24, 2.45) is 5.41 Å². The van der Waals surface area contributed by atoms with E-state index in [9.17, 15) is 9.90 Å². The number of amides is 1. The molecule has 0 aliphatic rings. The lowest BCUT2D eigenvalue weighted by Gasteiger charge is -2.17. The first-order valence-electron chi connectivity index (χ1n) is 5.78. The third kappa shape index (κ3) is 4.74. The van der Waals surface area contributed by atoms with Gasteiger partial charge in [0.1, 0.15) is 0 Å². The van der Waals surface area contributed by atoms with Crippen molar-refractivity contribution in [3.63, 3.8) is 0 Å². The molecule has 0 saturated heterocycles. The first kappa shape index (κ1) is 15.8. The van der Waals surface area contributed by atoms with Crippen LogP contribution in [0.2, 0.25) is 5.15 Å². The van der Waals surface area contributed by atoms with Gasteiger partial charge in [0.25, 0.3) is 0 Å². The predicted octanol–water partition coefficient (Wildman–Crippen LogP) is 1.62. The second-order valence-corrected chi connectivity index (χ2v) is 5.50. The SMILES string of the molecule is CO[C@H](O)Cc1cc(NC(=O)C(C)(C)C)nnc1Cl. The fraction of sp³-hybridized carbons (Fsp3) is 0.583. The molecule has 1 heterocycles. The van der Waals surface area contributed by atoms with Gasteiger partial charge in [0.2, 0.25) is 5.91 Å². The summed E-state index contributed by atoms with van der Waals surface area (Å²) in [5, 5.41) is 19.8. The fourth-order valence-electron chi connectivity index (χ4n) is 1.19. The van der Waals surface area contributed by atoms with Gasteiger partial charge in [0, 0.05) is 24.5 Å². The first-order chi connectivity index (χ1) is 8.74. The minimum Gasteiger partial charge on any atom is -0.368 e. The number of methoxy groups -OCH3 is 1. The number of ether oxygens (including phenoxy) is 1. The van der Waals surface area contributed by atoms with E-state index in [2.05, 4.69) is 15.5 Å². The van der Waals surface area contributed by atoms with E-state index in [4.69, 9.17) is 16.3 Å². The number of nitrogens with one attached hydrogen (secondary N) is 1. The standard InChI is InChI=1S/C12H18ClN3O3/c1-12(2,3)11(18)14-8-5-7(6-9(17)19-4)10(13)16-15-8/h5,9,17H,6H2,1-4H3,(H,14,15,18)/t9-/m0/s1. The van der Waals surface area contributed by atoms with Gasteiger partial charge in [0.05, 0.1) is 0 Å². The Morgan fingerprint density at radius 1 is 1.53 bits per heavy atom. The Kier molecular flexibility index (Phi) is 5.22. The summed E-state index contributed by atoms with van der Waals surface area (Å²) >= 11 is 5.87. The number of hydrogen-bond acceptors (Lipinski definition) is 5. The Bertz CT molecular complexity index is 460.